The van der Waals surface area contributed by atoms with Gasteiger partial charge in [0, 0.05) is 13.1 Å². The maximum Gasteiger partial charge on any atom is 0.0916 e. The van der Waals surface area contributed by atoms with E-state index in [2.05, 4.69) is 29.2 Å². The maximum atomic E-state index is 10.4. The van der Waals surface area contributed by atoms with Crippen LogP contribution in [0.15, 0.2) is 54.6 Å². The first-order chi connectivity index (χ1) is 10.7. The summed E-state index contributed by atoms with van der Waals surface area (Å²) in [7, 11) is 0. The van der Waals surface area contributed by atoms with Crippen molar-refractivity contribution >= 4 is 0 Å². The van der Waals surface area contributed by atoms with Crippen LogP contribution < -0.4 is 0 Å². The quantitative estimate of drug-likeness (QED) is 0.912. The Labute approximate surface area is 131 Å². The first kappa shape index (κ1) is 15.2. The molecule has 2 aromatic rings. The largest absolute Gasteiger partial charge is 0.392 e. The van der Waals surface area contributed by atoms with Crippen LogP contribution in [0, 0.1) is 0 Å². The second-order valence-corrected chi connectivity index (χ2v) is 6.06. The van der Waals surface area contributed by atoms with E-state index in [0.29, 0.717) is 13.1 Å². The fraction of sp³-hybridized carbons (Fsp3) is 0.368. The molecule has 0 amide bonds. The Balaban J connectivity index is 1.64. The molecule has 0 aliphatic carbocycles. The van der Waals surface area contributed by atoms with Crippen LogP contribution in [-0.2, 0) is 0 Å². The van der Waals surface area contributed by atoms with Gasteiger partial charge in [0.15, 0.2) is 0 Å². The smallest absolute Gasteiger partial charge is 0.0916 e. The van der Waals surface area contributed by atoms with Crippen LogP contribution in [0.5, 0.6) is 0 Å². The Bertz CT molecular complexity index is 582. The molecule has 1 heterocycles. The summed E-state index contributed by atoms with van der Waals surface area (Å²) < 4.78 is 0. The molecule has 2 aromatic carbocycles. The number of rotatable bonds is 4. The molecule has 2 N–H and O–H groups in total. The monoisotopic (exact) mass is 297 g/mol. The van der Waals surface area contributed by atoms with Gasteiger partial charge in [-0.3, -0.25) is 4.90 Å². The lowest BCUT2D eigenvalue weighted by Gasteiger charge is -2.31. The summed E-state index contributed by atoms with van der Waals surface area (Å²) in [6.07, 6.45) is 1.12. The van der Waals surface area contributed by atoms with E-state index in [1.165, 1.54) is 5.56 Å². The molecule has 0 aromatic heterocycles. The lowest BCUT2D eigenvalue weighted by atomic mass is 10.0. The molecule has 3 nitrogen and oxygen atoms in total. The molecule has 116 valence electrons. The van der Waals surface area contributed by atoms with Crippen LogP contribution in [-0.4, -0.2) is 40.9 Å². The summed E-state index contributed by atoms with van der Waals surface area (Å²) >= 11 is 0. The number of aliphatic hydroxyl groups is 2. The van der Waals surface area contributed by atoms with Crippen molar-refractivity contribution < 1.29 is 10.2 Å². The normalized spacial score (nSPS) is 20.7. The third kappa shape index (κ3) is 3.74. The van der Waals surface area contributed by atoms with Gasteiger partial charge in [0.1, 0.15) is 0 Å². The molecule has 0 radical (unpaired) electrons. The second-order valence-electron chi connectivity index (χ2n) is 6.06. The summed E-state index contributed by atoms with van der Waals surface area (Å²) in [4.78, 5) is 2.14. The molecule has 1 saturated heterocycles. The van der Waals surface area contributed by atoms with E-state index in [0.717, 1.165) is 30.5 Å². The SMILES string of the molecule is OC1CCCN(CC(O)c2ccc(-c3ccccc3)cc2)C1. The highest BCUT2D eigenvalue weighted by Gasteiger charge is 2.20. The van der Waals surface area contributed by atoms with Gasteiger partial charge >= 0.3 is 0 Å². The average Bonchev–Trinajstić information content (AvgIpc) is 2.56. The minimum absolute atomic E-state index is 0.249. The molecular weight excluding hydrogens is 274 g/mol. The zero-order chi connectivity index (χ0) is 15.4. The summed E-state index contributed by atoms with van der Waals surface area (Å²) in [5, 5.41) is 20.1. The molecule has 3 heteroatoms. The van der Waals surface area contributed by atoms with Crippen molar-refractivity contribution in [2.24, 2.45) is 0 Å². The standard InChI is InChI=1S/C19H23NO2/c21-18-7-4-12-20(13-18)14-19(22)17-10-8-16(9-11-17)15-5-2-1-3-6-15/h1-3,5-6,8-11,18-19,21-22H,4,7,12-14H2. The van der Waals surface area contributed by atoms with Gasteiger partial charge in [0.2, 0.25) is 0 Å². The minimum atomic E-state index is -0.505. The Kier molecular flexibility index (Phi) is 4.88. The number of β-amino-alcohol motifs (C(OH)–C–C–N with tert-alkyl or cyclic N) is 2. The van der Waals surface area contributed by atoms with Crippen molar-refractivity contribution in [2.45, 2.75) is 25.0 Å². The minimum Gasteiger partial charge on any atom is -0.392 e. The van der Waals surface area contributed by atoms with Crippen molar-refractivity contribution in [1.82, 2.24) is 4.90 Å². The van der Waals surface area contributed by atoms with Gasteiger partial charge in [0.05, 0.1) is 12.2 Å². The number of likely N-dealkylation sites (tertiary alicyclic amines) is 1. The van der Waals surface area contributed by atoms with Gasteiger partial charge in [-0.25, -0.2) is 0 Å². The fourth-order valence-electron chi connectivity index (χ4n) is 3.08. The highest BCUT2D eigenvalue weighted by Crippen LogP contribution is 2.23. The molecule has 0 spiro atoms. The van der Waals surface area contributed by atoms with Crippen molar-refractivity contribution in [2.75, 3.05) is 19.6 Å². The molecule has 0 saturated carbocycles. The predicted octanol–water partition coefficient (Wildman–Crippen LogP) is 2.84. The highest BCUT2D eigenvalue weighted by atomic mass is 16.3. The lowest BCUT2D eigenvalue weighted by molar-refractivity contribution is 0.0392. The lowest BCUT2D eigenvalue weighted by Crippen LogP contribution is -2.40. The Morgan fingerprint density at radius 1 is 1.00 bits per heavy atom. The second kappa shape index (κ2) is 7.05. The number of nitrogens with zero attached hydrogens (tertiary/aromatic N) is 1. The fourth-order valence-corrected chi connectivity index (χ4v) is 3.08. The Hall–Kier alpha value is -1.68. The van der Waals surface area contributed by atoms with Crippen LogP contribution >= 0.6 is 0 Å². The molecular formula is C19H23NO2. The first-order valence-electron chi connectivity index (χ1n) is 7.96. The van der Waals surface area contributed by atoms with Crippen LogP contribution in [0.3, 0.4) is 0 Å². The summed E-state index contributed by atoms with van der Waals surface area (Å²) in [6.45, 7) is 2.21. The van der Waals surface area contributed by atoms with Crippen molar-refractivity contribution in [3.63, 3.8) is 0 Å². The van der Waals surface area contributed by atoms with Gasteiger partial charge in [-0.2, -0.15) is 0 Å². The Morgan fingerprint density at radius 3 is 2.36 bits per heavy atom. The molecule has 22 heavy (non-hydrogen) atoms. The summed E-state index contributed by atoms with van der Waals surface area (Å²) in [5.74, 6) is 0. The third-order valence-corrected chi connectivity index (χ3v) is 4.31. The number of aliphatic hydroxyl groups excluding tert-OH is 2. The number of hydrogen-bond acceptors (Lipinski definition) is 3. The number of benzene rings is 2. The summed E-state index contributed by atoms with van der Waals surface area (Å²) in [6, 6.07) is 18.3. The average molecular weight is 297 g/mol. The van der Waals surface area contributed by atoms with E-state index in [9.17, 15) is 10.2 Å². The van der Waals surface area contributed by atoms with Crippen LogP contribution in [0.1, 0.15) is 24.5 Å². The van der Waals surface area contributed by atoms with Gasteiger partial charge in [-0.15, -0.1) is 0 Å². The highest BCUT2D eigenvalue weighted by molar-refractivity contribution is 5.63. The number of piperidine rings is 1. The van der Waals surface area contributed by atoms with Crippen LogP contribution in [0.4, 0.5) is 0 Å². The molecule has 1 aliphatic rings. The van der Waals surface area contributed by atoms with E-state index in [4.69, 9.17) is 0 Å². The van der Waals surface area contributed by atoms with E-state index >= 15 is 0 Å². The maximum absolute atomic E-state index is 10.4. The number of hydrogen-bond donors (Lipinski definition) is 2. The van der Waals surface area contributed by atoms with E-state index in [1.54, 1.807) is 0 Å². The molecule has 1 fully saturated rings. The van der Waals surface area contributed by atoms with Crippen molar-refractivity contribution in [1.29, 1.82) is 0 Å². The molecule has 3 rings (SSSR count). The zero-order valence-electron chi connectivity index (χ0n) is 12.7. The van der Waals surface area contributed by atoms with Crippen LogP contribution in [0.2, 0.25) is 0 Å². The zero-order valence-corrected chi connectivity index (χ0v) is 12.7. The molecule has 2 atom stereocenters. The third-order valence-electron chi connectivity index (χ3n) is 4.31. The topological polar surface area (TPSA) is 43.7 Å². The molecule has 0 bridgehead atoms. The van der Waals surface area contributed by atoms with Gasteiger partial charge < -0.3 is 10.2 Å². The van der Waals surface area contributed by atoms with E-state index < -0.39 is 6.10 Å². The summed E-state index contributed by atoms with van der Waals surface area (Å²) in [5.41, 5.74) is 3.27. The van der Waals surface area contributed by atoms with Crippen LogP contribution in [0.25, 0.3) is 11.1 Å². The Morgan fingerprint density at radius 2 is 1.68 bits per heavy atom. The van der Waals surface area contributed by atoms with E-state index in [-0.39, 0.29) is 6.10 Å². The molecule has 1 aliphatic heterocycles. The van der Waals surface area contributed by atoms with Crippen molar-refractivity contribution in [3.8, 4) is 11.1 Å². The van der Waals surface area contributed by atoms with Crippen molar-refractivity contribution in [3.05, 3.63) is 60.2 Å². The first-order valence-corrected chi connectivity index (χ1v) is 7.96. The van der Waals surface area contributed by atoms with Gasteiger partial charge in [-0.1, -0.05) is 54.6 Å². The van der Waals surface area contributed by atoms with E-state index in [1.807, 2.05) is 30.3 Å². The van der Waals surface area contributed by atoms with Gasteiger partial charge in [0.25, 0.3) is 0 Å². The predicted molar refractivity (Wildman–Crippen MR) is 88.5 cm³/mol. The molecule has 2 unspecified atom stereocenters. The van der Waals surface area contributed by atoms with Gasteiger partial charge in [-0.05, 0) is 36.1 Å².